The maximum atomic E-state index is 5.92. The lowest BCUT2D eigenvalue weighted by molar-refractivity contribution is 0.166. The van der Waals surface area contributed by atoms with E-state index in [4.69, 9.17) is 5.73 Å². The molecule has 0 aliphatic carbocycles. The third-order valence-corrected chi connectivity index (χ3v) is 3.06. The fourth-order valence-corrected chi connectivity index (χ4v) is 2.33. The van der Waals surface area contributed by atoms with Gasteiger partial charge in [-0.25, -0.2) is 0 Å². The molecule has 0 saturated carbocycles. The SMILES string of the molecule is CCN(C(C)C)C(CN)c1cn(C)nc1C. The molecule has 0 amide bonds. The summed E-state index contributed by atoms with van der Waals surface area (Å²) in [6.45, 7) is 10.3. The first-order chi connectivity index (χ1) is 7.51. The second kappa shape index (κ2) is 5.46. The summed E-state index contributed by atoms with van der Waals surface area (Å²) < 4.78 is 1.86. The molecule has 1 aromatic rings. The Kier molecular flexibility index (Phi) is 4.50. The van der Waals surface area contributed by atoms with E-state index in [9.17, 15) is 0 Å². The van der Waals surface area contributed by atoms with Gasteiger partial charge in [0.15, 0.2) is 0 Å². The summed E-state index contributed by atoms with van der Waals surface area (Å²) in [7, 11) is 1.95. The Labute approximate surface area is 98.4 Å². The predicted molar refractivity (Wildman–Crippen MR) is 67.3 cm³/mol. The minimum Gasteiger partial charge on any atom is -0.329 e. The lowest BCUT2D eigenvalue weighted by atomic mass is 10.1. The molecule has 1 aromatic heterocycles. The molecule has 1 heterocycles. The minimum absolute atomic E-state index is 0.277. The van der Waals surface area contributed by atoms with Gasteiger partial charge in [-0.3, -0.25) is 9.58 Å². The van der Waals surface area contributed by atoms with Gasteiger partial charge in [-0.1, -0.05) is 6.92 Å². The van der Waals surface area contributed by atoms with Crippen molar-refractivity contribution >= 4 is 0 Å². The molecule has 92 valence electrons. The molecule has 0 aliphatic rings. The van der Waals surface area contributed by atoms with Crippen LogP contribution in [0.3, 0.4) is 0 Å². The van der Waals surface area contributed by atoms with E-state index in [0.29, 0.717) is 12.6 Å². The van der Waals surface area contributed by atoms with Crippen LogP contribution in [0.1, 0.15) is 38.1 Å². The third kappa shape index (κ3) is 2.62. The van der Waals surface area contributed by atoms with Crippen LogP contribution in [0.2, 0.25) is 0 Å². The quantitative estimate of drug-likeness (QED) is 0.823. The average Bonchev–Trinajstić information content (AvgIpc) is 2.53. The Morgan fingerprint density at radius 2 is 2.12 bits per heavy atom. The fraction of sp³-hybridized carbons (Fsp3) is 0.750. The van der Waals surface area contributed by atoms with E-state index in [0.717, 1.165) is 12.2 Å². The van der Waals surface area contributed by atoms with E-state index in [-0.39, 0.29) is 6.04 Å². The maximum absolute atomic E-state index is 5.92. The second-order valence-corrected chi connectivity index (χ2v) is 4.52. The predicted octanol–water partition coefficient (Wildman–Crippen LogP) is 1.46. The number of nitrogens with two attached hydrogens (primary N) is 1. The van der Waals surface area contributed by atoms with E-state index >= 15 is 0 Å². The summed E-state index contributed by atoms with van der Waals surface area (Å²) in [6, 6.07) is 0.775. The van der Waals surface area contributed by atoms with E-state index in [1.165, 1.54) is 5.56 Å². The molecule has 0 aromatic carbocycles. The number of nitrogens with zero attached hydrogens (tertiary/aromatic N) is 3. The molecule has 0 bridgehead atoms. The highest BCUT2D eigenvalue weighted by molar-refractivity contribution is 5.20. The Hall–Kier alpha value is -0.870. The van der Waals surface area contributed by atoms with Crippen molar-refractivity contribution in [2.45, 2.75) is 39.8 Å². The summed E-state index contributed by atoms with van der Waals surface area (Å²) in [6.07, 6.45) is 2.08. The highest BCUT2D eigenvalue weighted by Crippen LogP contribution is 2.23. The van der Waals surface area contributed by atoms with Crippen LogP contribution in [0, 0.1) is 6.92 Å². The molecule has 4 nitrogen and oxygen atoms in total. The van der Waals surface area contributed by atoms with Crippen molar-refractivity contribution in [1.29, 1.82) is 0 Å². The Morgan fingerprint density at radius 1 is 1.50 bits per heavy atom. The maximum Gasteiger partial charge on any atom is 0.0641 e. The van der Waals surface area contributed by atoms with Crippen LogP contribution < -0.4 is 5.73 Å². The molecule has 1 atom stereocenters. The largest absolute Gasteiger partial charge is 0.329 e. The normalized spacial score (nSPS) is 13.8. The number of aromatic nitrogens is 2. The summed E-state index contributed by atoms with van der Waals surface area (Å²) in [5.74, 6) is 0. The van der Waals surface area contributed by atoms with Gasteiger partial charge in [0, 0.05) is 31.4 Å². The lowest BCUT2D eigenvalue weighted by Gasteiger charge is -2.33. The van der Waals surface area contributed by atoms with E-state index in [2.05, 4.69) is 37.0 Å². The van der Waals surface area contributed by atoms with E-state index < -0.39 is 0 Å². The molecule has 16 heavy (non-hydrogen) atoms. The highest BCUT2D eigenvalue weighted by atomic mass is 15.3. The molecule has 1 unspecified atom stereocenters. The molecule has 0 saturated heterocycles. The first-order valence-electron chi connectivity index (χ1n) is 5.97. The summed E-state index contributed by atoms with van der Waals surface area (Å²) >= 11 is 0. The molecule has 4 heteroatoms. The summed E-state index contributed by atoms with van der Waals surface area (Å²) in [5, 5.41) is 4.39. The number of likely N-dealkylation sites (N-methyl/N-ethyl adjacent to an activating group) is 1. The van der Waals surface area contributed by atoms with Gasteiger partial charge in [-0.05, 0) is 27.3 Å². The monoisotopic (exact) mass is 224 g/mol. The van der Waals surface area contributed by atoms with Gasteiger partial charge in [-0.15, -0.1) is 0 Å². The Bertz CT molecular complexity index is 330. The van der Waals surface area contributed by atoms with Crippen molar-refractivity contribution in [2.75, 3.05) is 13.1 Å². The zero-order valence-corrected chi connectivity index (χ0v) is 11.1. The van der Waals surface area contributed by atoms with Crippen LogP contribution in [0.15, 0.2) is 6.20 Å². The first-order valence-corrected chi connectivity index (χ1v) is 5.97. The van der Waals surface area contributed by atoms with Crippen molar-refractivity contribution in [1.82, 2.24) is 14.7 Å². The molecule has 0 radical (unpaired) electrons. The summed E-state index contributed by atoms with van der Waals surface area (Å²) in [5.41, 5.74) is 8.25. The number of hydrogen-bond donors (Lipinski definition) is 1. The van der Waals surface area contributed by atoms with Gasteiger partial charge in [0.1, 0.15) is 0 Å². The molecule has 0 spiro atoms. The fourth-order valence-electron chi connectivity index (χ4n) is 2.33. The van der Waals surface area contributed by atoms with Crippen LogP contribution in [0.25, 0.3) is 0 Å². The molecular formula is C12H24N4. The molecule has 0 fully saturated rings. The molecular weight excluding hydrogens is 200 g/mol. The van der Waals surface area contributed by atoms with Crippen molar-refractivity contribution in [3.63, 3.8) is 0 Å². The van der Waals surface area contributed by atoms with Crippen LogP contribution >= 0.6 is 0 Å². The molecule has 0 aliphatic heterocycles. The van der Waals surface area contributed by atoms with Crippen molar-refractivity contribution in [2.24, 2.45) is 12.8 Å². The Morgan fingerprint density at radius 3 is 2.44 bits per heavy atom. The van der Waals surface area contributed by atoms with Gasteiger partial charge in [0.25, 0.3) is 0 Å². The zero-order valence-electron chi connectivity index (χ0n) is 11.1. The standard InChI is InChI=1S/C12H24N4/c1-6-16(9(2)3)12(7-13)11-8-15(5)14-10(11)4/h8-9,12H,6-7,13H2,1-5H3. The lowest BCUT2D eigenvalue weighted by Crippen LogP contribution is -2.38. The Balaban J connectivity index is 3.01. The van der Waals surface area contributed by atoms with Crippen molar-refractivity contribution in [3.05, 3.63) is 17.5 Å². The summed E-state index contributed by atoms with van der Waals surface area (Å²) in [4.78, 5) is 2.41. The van der Waals surface area contributed by atoms with Crippen LogP contribution in [0.5, 0.6) is 0 Å². The van der Waals surface area contributed by atoms with E-state index in [1.54, 1.807) is 0 Å². The minimum atomic E-state index is 0.277. The average molecular weight is 224 g/mol. The van der Waals surface area contributed by atoms with Crippen LogP contribution in [-0.2, 0) is 7.05 Å². The zero-order chi connectivity index (χ0) is 12.3. The van der Waals surface area contributed by atoms with Gasteiger partial charge < -0.3 is 5.73 Å². The number of aryl methyl sites for hydroxylation is 2. The van der Waals surface area contributed by atoms with Gasteiger partial charge in [-0.2, -0.15) is 5.10 Å². The van der Waals surface area contributed by atoms with Crippen LogP contribution in [-0.4, -0.2) is 33.8 Å². The number of hydrogen-bond acceptors (Lipinski definition) is 3. The topological polar surface area (TPSA) is 47.1 Å². The van der Waals surface area contributed by atoms with Gasteiger partial charge in [0.05, 0.1) is 11.7 Å². The van der Waals surface area contributed by atoms with Crippen molar-refractivity contribution in [3.8, 4) is 0 Å². The number of rotatable bonds is 5. The molecule has 1 rings (SSSR count). The van der Waals surface area contributed by atoms with Gasteiger partial charge >= 0.3 is 0 Å². The smallest absolute Gasteiger partial charge is 0.0641 e. The highest BCUT2D eigenvalue weighted by Gasteiger charge is 2.23. The molecule has 2 N–H and O–H groups in total. The van der Waals surface area contributed by atoms with Crippen molar-refractivity contribution < 1.29 is 0 Å². The van der Waals surface area contributed by atoms with Gasteiger partial charge in [0.2, 0.25) is 0 Å². The first kappa shape index (κ1) is 13.2. The van der Waals surface area contributed by atoms with E-state index in [1.807, 2.05) is 18.7 Å². The second-order valence-electron chi connectivity index (χ2n) is 4.52. The van der Waals surface area contributed by atoms with Crippen LogP contribution in [0.4, 0.5) is 0 Å². The third-order valence-electron chi connectivity index (χ3n) is 3.06.